The van der Waals surface area contributed by atoms with Crippen molar-refractivity contribution in [3.05, 3.63) is 64.7 Å². The van der Waals surface area contributed by atoms with Gasteiger partial charge in [-0.1, -0.05) is 24.3 Å². The van der Waals surface area contributed by atoms with E-state index in [1.165, 1.54) is 6.07 Å². The van der Waals surface area contributed by atoms with E-state index < -0.39 is 11.7 Å². The molecule has 0 amide bonds. The second-order valence-corrected chi connectivity index (χ2v) is 7.63. The summed E-state index contributed by atoms with van der Waals surface area (Å²) >= 11 is 0. The minimum atomic E-state index is -4.36. The van der Waals surface area contributed by atoms with Gasteiger partial charge >= 0.3 is 6.18 Å². The minimum Gasteiger partial charge on any atom is -0.493 e. The van der Waals surface area contributed by atoms with Gasteiger partial charge in [0.15, 0.2) is 5.96 Å². The van der Waals surface area contributed by atoms with Crippen LogP contribution in [0.25, 0.3) is 0 Å². The molecule has 1 heterocycles. The highest BCUT2D eigenvalue weighted by Crippen LogP contribution is 2.29. The van der Waals surface area contributed by atoms with Crippen molar-refractivity contribution in [1.29, 1.82) is 0 Å². The lowest BCUT2D eigenvalue weighted by Gasteiger charge is -2.17. The average Bonchev–Trinajstić information content (AvgIpc) is 3.26. The van der Waals surface area contributed by atoms with Crippen molar-refractivity contribution in [3.63, 3.8) is 0 Å². The number of aryl methyl sites for hydroxylation is 1. The summed E-state index contributed by atoms with van der Waals surface area (Å²) in [6, 6.07) is 11.3. The topological polar surface area (TPSA) is 54.9 Å². The number of guanidine groups is 1. The number of hydrogen-bond donors (Lipinski definition) is 2. The van der Waals surface area contributed by atoms with Crippen LogP contribution in [0.15, 0.2) is 47.5 Å². The molecular formula is C23H28F3N3O2. The first kappa shape index (κ1) is 22.9. The van der Waals surface area contributed by atoms with Crippen LogP contribution in [0.4, 0.5) is 13.2 Å². The van der Waals surface area contributed by atoms with E-state index in [4.69, 9.17) is 9.47 Å². The van der Waals surface area contributed by atoms with Gasteiger partial charge in [-0.3, -0.25) is 4.99 Å². The molecule has 5 nitrogen and oxygen atoms in total. The Morgan fingerprint density at radius 1 is 1.16 bits per heavy atom. The van der Waals surface area contributed by atoms with Crippen molar-refractivity contribution in [3.8, 4) is 5.75 Å². The van der Waals surface area contributed by atoms with E-state index in [9.17, 15) is 13.2 Å². The van der Waals surface area contributed by atoms with Crippen molar-refractivity contribution >= 4 is 5.96 Å². The van der Waals surface area contributed by atoms with Crippen LogP contribution in [-0.4, -0.2) is 32.8 Å². The van der Waals surface area contributed by atoms with E-state index in [1.54, 1.807) is 13.1 Å². The number of nitrogens with zero attached hydrogens (tertiary/aromatic N) is 1. The molecular weight excluding hydrogens is 407 g/mol. The molecule has 8 heteroatoms. The Hall–Kier alpha value is -2.74. The molecule has 0 bridgehead atoms. The molecule has 0 saturated carbocycles. The van der Waals surface area contributed by atoms with E-state index in [2.05, 4.69) is 15.6 Å². The minimum absolute atomic E-state index is 0.225. The summed E-state index contributed by atoms with van der Waals surface area (Å²) in [5, 5.41) is 6.26. The number of benzene rings is 2. The molecule has 1 unspecified atom stereocenters. The van der Waals surface area contributed by atoms with Crippen molar-refractivity contribution < 1.29 is 22.6 Å². The Balaban J connectivity index is 1.57. The van der Waals surface area contributed by atoms with Gasteiger partial charge < -0.3 is 20.1 Å². The van der Waals surface area contributed by atoms with Gasteiger partial charge in [-0.2, -0.15) is 13.2 Å². The first-order valence-electron chi connectivity index (χ1n) is 10.3. The molecule has 1 aliphatic rings. The van der Waals surface area contributed by atoms with Crippen LogP contribution in [0, 0.1) is 12.8 Å². The highest BCUT2D eigenvalue weighted by atomic mass is 19.4. The Bertz CT molecular complexity index is 894. The van der Waals surface area contributed by atoms with E-state index >= 15 is 0 Å². The molecule has 168 valence electrons. The van der Waals surface area contributed by atoms with Gasteiger partial charge in [-0.25, -0.2) is 0 Å². The van der Waals surface area contributed by atoms with E-state index in [0.717, 1.165) is 48.6 Å². The normalized spacial score (nSPS) is 16.9. The molecule has 2 aromatic rings. The predicted octanol–water partition coefficient (Wildman–Crippen LogP) is 4.29. The fourth-order valence-electron chi connectivity index (χ4n) is 3.31. The zero-order valence-corrected chi connectivity index (χ0v) is 17.8. The summed E-state index contributed by atoms with van der Waals surface area (Å²) in [6.07, 6.45) is -3.35. The van der Waals surface area contributed by atoms with Gasteiger partial charge in [0.2, 0.25) is 0 Å². The number of alkyl halides is 3. The molecule has 2 N–H and O–H groups in total. The average molecular weight is 435 g/mol. The van der Waals surface area contributed by atoms with Crippen molar-refractivity contribution in [1.82, 2.24) is 10.6 Å². The number of ether oxygens (including phenoxy) is 2. The van der Waals surface area contributed by atoms with Crippen LogP contribution >= 0.6 is 0 Å². The van der Waals surface area contributed by atoms with Crippen molar-refractivity contribution in [2.75, 3.05) is 26.9 Å². The summed E-state index contributed by atoms with van der Waals surface area (Å²) < 4.78 is 50.1. The predicted molar refractivity (Wildman–Crippen MR) is 114 cm³/mol. The van der Waals surface area contributed by atoms with Gasteiger partial charge in [-0.05, 0) is 42.7 Å². The standard InChI is InChI=1S/C23H28F3N3O2/c1-16-6-7-19(21(10-16)31-15-18-8-9-30-14-18)13-29-22(27-2)28-12-17-4-3-5-20(11-17)23(24,25)26/h3-7,10-11,18H,8-9,12-15H2,1-2H3,(H2,27,28,29). The highest BCUT2D eigenvalue weighted by molar-refractivity contribution is 5.79. The first-order valence-corrected chi connectivity index (χ1v) is 10.3. The zero-order chi connectivity index (χ0) is 22.3. The molecule has 0 aromatic heterocycles. The fourth-order valence-corrected chi connectivity index (χ4v) is 3.31. The Morgan fingerprint density at radius 2 is 1.97 bits per heavy atom. The monoisotopic (exact) mass is 435 g/mol. The van der Waals surface area contributed by atoms with E-state index in [0.29, 0.717) is 30.6 Å². The van der Waals surface area contributed by atoms with Crippen LogP contribution in [0.1, 0.15) is 28.7 Å². The van der Waals surface area contributed by atoms with Crippen LogP contribution in [0.5, 0.6) is 5.75 Å². The highest BCUT2D eigenvalue weighted by Gasteiger charge is 2.30. The Morgan fingerprint density at radius 3 is 2.68 bits per heavy atom. The third kappa shape index (κ3) is 6.89. The maximum absolute atomic E-state index is 12.9. The maximum atomic E-state index is 12.9. The number of halogens is 3. The van der Waals surface area contributed by atoms with Gasteiger partial charge in [0.1, 0.15) is 5.75 Å². The summed E-state index contributed by atoms with van der Waals surface area (Å²) in [5.74, 6) is 1.71. The molecule has 3 rings (SSSR count). The lowest BCUT2D eigenvalue weighted by atomic mass is 10.1. The van der Waals surface area contributed by atoms with Crippen LogP contribution in [-0.2, 0) is 24.0 Å². The van der Waals surface area contributed by atoms with E-state index in [-0.39, 0.29) is 6.54 Å². The summed E-state index contributed by atoms with van der Waals surface area (Å²) in [6.45, 7) is 4.83. The van der Waals surface area contributed by atoms with Crippen LogP contribution in [0.2, 0.25) is 0 Å². The number of rotatable bonds is 7. The second kappa shape index (κ2) is 10.5. The number of nitrogens with one attached hydrogen (secondary N) is 2. The lowest BCUT2D eigenvalue weighted by Crippen LogP contribution is -2.36. The summed E-state index contributed by atoms with van der Waals surface area (Å²) in [4.78, 5) is 4.16. The van der Waals surface area contributed by atoms with E-state index in [1.807, 2.05) is 25.1 Å². The molecule has 1 atom stereocenters. The molecule has 2 aromatic carbocycles. The molecule has 1 aliphatic heterocycles. The van der Waals surface area contributed by atoms with Crippen molar-refractivity contribution in [2.24, 2.45) is 10.9 Å². The van der Waals surface area contributed by atoms with Gasteiger partial charge in [0, 0.05) is 38.2 Å². The smallest absolute Gasteiger partial charge is 0.416 e. The molecule has 0 radical (unpaired) electrons. The second-order valence-electron chi connectivity index (χ2n) is 7.63. The van der Waals surface area contributed by atoms with Crippen LogP contribution < -0.4 is 15.4 Å². The SMILES string of the molecule is CN=C(NCc1cccc(C(F)(F)F)c1)NCc1ccc(C)cc1OCC1CCOC1. The van der Waals surface area contributed by atoms with Gasteiger partial charge in [0.05, 0.1) is 18.8 Å². The number of hydrogen-bond acceptors (Lipinski definition) is 3. The third-order valence-electron chi connectivity index (χ3n) is 5.11. The third-order valence-corrected chi connectivity index (χ3v) is 5.11. The first-order chi connectivity index (χ1) is 14.8. The lowest BCUT2D eigenvalue weighted by molar-refractivity contribution is -0.137. The summed E-state index contributed by atoms with van der Waals surface area (Å²) in [7, 11) is 1.62. The largest absolute Gasteiger partial charge is 0.493 e. The Labute approximate surface area is 180 Å². The quantitative estimate of drug-likeness (QED) is 0.503. The number of aliphatic imine (C=N–C) groups is 1. The van der Waals surface area contributed by atoms with Gasteiger partial charge in [-0.15, -0.1) is 0 Å². The molecule has 1 fully saturated rings. The fraction of sp³-hybridized carbons (Fsp3) is 0.435. The molecule has 0 aliphatic carbocycles. The summed E-state index contributed by atoms with van der Waals surface area (Å²) in [5.41, 5.74) is 1.94. The Kier molecular flexibility index (Phi) is 7.79. The van der Waals surface area contributed by atoms with Crippen LogP contribution in [0.3, 0.4) is 0 Å². The molecule has 0 spiro atoms. The zero-order valence-electron chi connectivity index (χ0n) is 17.8. The maximum Gasteiger partial charge on any atom is 0.416 e. The van der Waals surface area contributed by atoms with Crippen molar-refractivity contribution in [2.45, 2.75) is 32.6 Å². The van der Waals surface area contributed by atoms with Gasteiger partial charge in [0.25, 0.3) is 0 Å². The molecule has 1 saturated heterocycles. The molecule has 31 heavy (non-hydrogen) atoms.